The Morgan fingerprint density at radius 1 is 1.29 bits per heavy atom. The second-order valence-corrected chi connectivity index (χ2v) is 6.19. The van der Waals surface area contributed by atoms with Crippen molar-refractivity contribution in [2.24, 2.45) is 0 Å². The smallest absolute Gasteiger partial charge is 0.237 e. The van der Waals surface area contributed by atoms with Gasteiger partial charge in [-0.15, -0.1) is 0 Å². The molecule has 0 amide bonds. The van der Waals surface area contributed by atoms with Gasteiger partial charge in [-0.2, -0.15) is 5.26 Å². The van der Waals surface area contributed by atoms with Crippen molar-refractivity contribution in [3.05, 3.63) is 52.5 Å². The summed E-state index contributed by atoms with van der Waals surface area (Å²) in [6.45, 7) is 6.22. The molecule has 0 aliphatic carbocycles. The minimum Gasteiger partial charge on any atom is -0.435 e. The highest BCUT2D eigenvalue weighted by Crippen LogP contribution is 2.30. The summed E-state index contributed by atoms with van der Waals surface area (Å²) in [4.78, 5) is 6.49. The SMILES string of the molecule is Cc1cc(C)c(C#N)c(Oc2cccc(CN3CCCC3)c2F)n1. The largest absolute Gasteiger partial charge is 0.435 e. The van der Waals surface area contributed by atoms with Crippen molar-refractivity contribution in [3.8, 4) is 17.7 Å². The first kappa shape index (κ1) is 16.4. The molecule has 3 rings (SSSR count). The lowest BCUT2D eigenvalue weighted by molar-refractivity contribution is 0.322. The summed E-state index contributed by atoms with van der Waals surface area (Å²) in [5.41, 5.74) is 2.45. The summed E-state index contributed by atoms with van der Waals surface area (Å²) in [5, 5.41) is 9.31. The van der Waals surface area contributed by atoms with Crippen LogP contribution in [0.15, 0.2) is 24.3 Å². The highest BCUT2D eigenvalue weighted by Gasteiger charge is 2.18. The van der Waals surface area contributed by atoms with E-state index in [1.165, 1.54) is 0 Å². The highest BCUT2D eigenvalue weighted by atomic mass is 19.1. The summed E-state index contributed by atoms with van der Waals surface area (Å²) < 4.78 is 20.5. The fourth-order valence-electron chi connectivity index (χ4n) is 3.06. The van der Waals surface area contributed by atoms with E-state index in [9.17, 15) is 9.65 Å². The number of hydrogen-bond donors (Lipinski definition) is 0. The van der Waals surface area contributed by atoms with Gasteiger partial charge < -0.3 is 4.74 Å². The van der Waals surface area contributed by atoms with Crippen LogP contribution in [0.1, 0.15) is 35.2 Å². The number of pyridine rings is 1. The van der Waals surface area contributed by atoms with E-state index in [0.717, 1.165) is 37.2 Å². The van der Waals surface area contributed by atoms with Gasteiger partial charge in [0.1, 0.15) is 11.6 Å². The molecule has 2 heterocycles. The van der Waals surface area contributed by atoms with Crippen molar-refractivity contribution in [3.63, 3.8) is 0 Å². The molecular weight excluding hydrogens is 305 g/mol. The van der Waals surface area contributed by atoms with Gasteiger partial charge in [-0.25, -0.2) is 9.37 Å². The summed E-state index contributed by atoms with van der Waals surface area (Å²) in [7, 11) is 0. The van der Waals surface area contributed by atoms with Crippen LogP contribution in [0.25, 0.3) is 0 Å². The van der Waals surface area contributed by atoms with Crippen molar-refractivity contribution in [2.45, 2.75) is 33.2 Å². The molecule has 1 aromatic carbocycles. The van der Waals surface area contributed by atoms with Gasteiger partial charge in [0, 0.05) is 17.8 Å². The van der Waals surface area contributed by atoms with Gasteiger partial charge in [-0.05, 0) is 57.5 Å². The van der Waals surface area contributed by atoms with E-state index in [1.54, 1.807) is 18.2 Å². The topological polar surface area (TPSA) is 49.1 Å². The average molecular weight is 325 g/mol. The lowest BCUT2D eigenvalue weighted by Gasteiger charge is -2.16. The van der Waals surface area contributed by atoms with E-state index in [1.807, 2.05) is 19.9 Å². The molecule has 0 bridgehead atoms. The molecule has 4 nitrogen and oxygen atoms in total. The molecule has 0 saturated carbocycles. The van der Waals surface area contributed by atoms with Crippen LogP contribution in [-0.4, -0.2) is 23.0 Å². The zero-order chi connectivity index (χ0) is 17.1. The Morgan fingerprint density at radius 2 is 2.04 bits per heavy atom. The molecule has 1 saturated heterocycles. The Bertz CT molecular complexity index is 792. The molecule has 0 spiro atoms. The molecule has 2 aromatic rings. The van der Waals surface area contributed by atoms with Crippen LogP contribution in [0.2, 0.25) is 0 Å². The fourth-order valence-corrected chi connectivity index (χ4v) is 3.06. The predicted molar refractivity (Wildman–Crippen MR) is 89.4 cm³/mol. The van der Waals surface area contributed by atoms with Crippen LogP contribution >= 0.6 is 0 Å². The minimum atomic E-state index is -0.380. The number of rotatable bonds is 4. The van der Waals surface area contributed by atoms with Gasteiger partial charge >= 0.3 is 0 Å². The molecule has 0 N–H and O–H groups in total. The fraction of sp³-hybridized carbons (Fsp3) is 0.368. The first-order valence-electron chi connectivity index (χ1n) is 8.14. The third-order valence-corrected chi connectivity index (χ3v) is 4.27. The third kappa shape index (κ3) is 3.39. The Balaban J connectivity index is 1.90. The van der Waals surface area contributed by atoms with Gasteiger partial charge in [0.2, 0.25) is 5.88 Å². The second-order valence-electron chi connectivity index (χ2n) is 6.19. The van der Waals surface area contributed by atoms with Crippen molar-refractivity contribution < 1.29 is 9.13 Å². The quantitative estimate of drug-likeness (QED) is 0.849. The number of likely N-dealkylation sites (tertiary alicyclic amines) is 1. The lowest BCUT2D eigenvalue weighted by Crippen LogP contribution is -2.19. The Kier molecular flexibility index (Phi) is 4.77. The number of nitriles is 1. The zero-order valence-electron chi connectivity index (χ0n) is 14.0. The molecule has 0 atom stereocenters. The minimum absolute atomic E-state index is 0.112. The van der Waals surface area contributed by atoms with E-state index in [2.05, 4.69) is 16.0 Å². The van der Waals surface area contributed by atoms with E-state index in [4.69, 9.17) is 4.74 Å². The molecule has 0 radical (unpaired) electrons. The standard InChI is InChI=1S/C19H20FN3O/c1-13-10-14(2)22-19(16(13)11-21)24-17-7-5-6-15(18(17)20)12-23-8-3-4-9-23/h5-7,10H,3-4,8-9,12H2,1-2H3. The maximum Gasteiger partial charge on any atom is 0.237 e. The Hall–Kier alpha value is -2.45. The number of hydrogen-bond acceptors (Lipinski definition) is 4. The Morgan fingerprint density at radius 3 is 2.75 bits per heavy atom. The van der Waals surface area contributed by atoms with Crippen molar-refractivity contribution in [1.29, 1.82) is 5.26 Å². The van der Waals surface area contributed by atoms with E-state index in [0.29, 0.717) is 17.7 Å². The normalized spacial score (nSPS) is 14.6. The Labute approximate surface area is 141 Å². The first-order chi connectivity index (χ1) is 11.6. The summed E-state index contributed by atoms with van der Waals surface area (Å²) in [5.74, 6) is -0.109. The van der Waals surface area contributed by atoms with Gasteiger partial charge in [0.05, 0.1) is 0 Å². The number of aryl methyl sites for hydroxylation is 2. The maximum atomic E-state index is 14.8. The lowest BCUT2D eigenvalue weighted by atomic mass is 10.1. The second kappa shape index (κ2) is 6.98. The number of aromatic nitrogens is 1. The molecule has 1 aliphatic rings. The first-order valence-corrected chi connectivity index (χ1v) is 8.14. The molecule has 5 heteroatoms. The molecular formula is C19H20FN3O. The highest BCUT2D eigenvalue weighted by molar-refractivity contribution is 5.47. The van der Waals surface area contributed by atoms with Gasteiger partial charge in [0.25, 0.3) is 0 Å². The predicted octanol–water partition coefficient (Wildman–Crippen LogP) is 4.10. The van der Waals surface area contributed by atoms with E-state index >= 15 is 0 Å². The number of benzene rings is 1. The van der Waals surface area contributed by atoms with Crippen LogP contribution in [0.5, 0.6) is 11.6 Å². The van der Waals surface area contributed by atoms with Gasteiger partial charge in [0.15, 0.2) is 11.6 Å². The van der Waals surface area contributed by atoms with Crippen LogP contribution in [-0.2, 0) is 6.54 Å². The molecule has 124 valence electrons. The number of halogens is 1. The molecule has 1 aliphatic heterocycles. The van der Waals surface area contributed by atoms with Crippen LogP contribution in [0, 0.1) is 31.0 Å². The number of nitrogens with zero attached hydrogens (tertiary/aromatic N) is 3. The third-order valence-electron chi connectivity index (χ3n) is 4.27. The van der Waals surface area contributed by atoms with Crippen LogP contribution in [0.4, 0.5) is 4.39 Å². The van der Waals surface area contributed by atoms with Gasteiger partial charge in [-0.3, -0.25) is 4.90 Å². The average Bonchev–Trinajstić information content (AvgIpc) is 3.04. The molecule has 1 aromatic heterocycles. The van der Waals surface area contributed by atoms with Crippen molar-refractivity contribution in [2.75, 3.05) is 13.1 Å². The molecule has 1 fully saturated rings. The summed E-state index contributed by atoms with van der Waals surface area (Å²) in [6, 6.07) is 9.02. The van der Waals surface area contributed by atoms with Gasteiger partial charge in [-0.1, -0.05) is 12.1 Å². The molecule has 24 heavy (non-hydrogen) atoms. The maximum absolute atomic E-state index is 14.8. The van der Waals surface area contributed by atoms with E-state index < -0.39 is 0 Å². The van der Waals surface area contributed by atoms with Crippen molar-refractivity contribution in [1.82, 2.24) is 9.88 Å². The summed E-state index contributed by atoms with van der Waals surface area (Å²) in [6.07, 6.45) is 2.33. The monoisotopic (exact) mass is 325 g/mol. The van der Waals surface area contributed by atoms with E-state index in [-0.39, 0.29) is 17.4 Å². The summed E-state index contributed by atoms with van der Waals surface area (Å²) >= 11 is 0. The van der Waals surface area contributed by atoms with Crippen LogP contribution in [0.3, 0.4) is 0 Å². The molecule has 0 unspecified atom stereocenters. The zero-order valence-corrected chi connectivity index (χ0v) is 14.0. The van der Waals surface area contributed by atoms with Crippen molar-refractivity contribution >= 4 is 0 Å². The number of ether oxygens (including phenoxy) is 1. The van der Waals surface area contributed by atoms with Crippen LogP contribution < -0.4 is 4.74 Å².